The van der Waals surface area contributed by atoms with Crippen molar-refractivity contribution in [3.63, 3.8) is 0 Å². The lowest BCUT2D eigenvalue weighted by Gasteiger charge is -2.19. The minimum Gasteiger partial charge on any atom is -0.310 e. The van der Waals surface area contributed by atoms with Crippen molar-refractivity contribution in [2.45, 2.75) is 44.6 Å². The fourth-order valence-electron chi connectivity index (χ4n) is 2.42. The van der Waals surface area contributed by atoms with E-state index < -0.39 is 0 Å². The van der Waals surface area contributed by atoms with E-state index in [0.717, 1.165) is 6.54 Å². The van der Waals surface area contributed by atoms with E-state index in [0.29, 0.717) is 12.0 Å². The lowest BCUT2D eigenvalue weighted by Crippen LogP contribution is -2.29. The van der Waals surface area contributed by atoms with Crippen LogP contribution in [0.5, 0.6) is 0 Å². The van der Waals surface area contributed by atoms with E-state index >= 15 is 0 Å². The van der Waals surface area contributed by atoms with Crippen molar-refractivity contribution >= 4 is 0 Å². The summed E-state index contributed by atoms with van der Waals surface area (Å²) in [5.74, 6) is 0.649. The SMILES string of the molecule is CC(CCNC1C=CCCC1)c1ccccc1. The zero-order valence-electron chi connectivity index (χ0n) is 10.7. The molecular weight excluding hydrogens is 206 g/mol. The van der Waals surface area contributed by atoms with Gasteiger partial charge in [0.2, 0.25) is 0 Å². The Morgan fingerprint density at radius 2 is 2.12 bits per heavy atom. The quantitative estimate of drug-likeness (QED) is 0.756. The zero-order valence-corrected chi connectivity index (χ0v) is 10.7. The molecule has 2 unspecified atom stereocenters. The molecule has 1 aromatic carbocycles. The minimum atomic E-state index is 0.617. The molecule has 2 rings (SSSR count). The average molecular weight is 229 g/mol. The number of hydrogen-bond acceptors (Lipinski definition) is 1. The van der Waals surface area contributed by atoms with Gasteiger partial charge in [0.25, 0.3) is 0 Å². The second kappa shape index (κ2) is 6.61. The Kier molecular flexibility index (Phi) is 4.81. The zero-order chi connectivity index (χ0) is 11.9. The third-order valence-corrected chi connectivity index (χ3v) is 3.61. The molecule has 1 heteroatoms. The number of rotatable bonds is 5. The molecule has 0 amide bonds. The lowest BCUT2D eigenvalue weighted by atomic mass is 9.97. The molecular formula is C16H23N. The maximum atomic E-state index is 3.64. The molecule has 1 nitrogen and oxygen atoms in total. The van der Waals surface area contributed by atoms with Crippen LogP contribution in [0.4, 0.5) is 0 Å². The van der Waals surface area contributed by atoms with Gasteiger partial charge in [-0.3, -0.25) is 0 Å². The molecule has 1 N–H and O–H groups in total. The maximum absolute atomic E-state index is 3.64. The second-order valence-corrected chi connectivity index (χ2v) is 5.02. The fourth-order valence-corrected chi connectivity index (χ4v) is 2.42. The van der Waals surface area contributed by atoms with Gasteiger partial charge in [-0.15, -0.1) is 0 Å². The fraction of sp³-hybridized carbons (Fsp3) is 0.500. The van der Waals surface area contributed by atoms with Crippen molar-refractivity contribution in [3.8, 4) is 0 Å². The van der Waals surface area contributed by atoms with E-state index in [2.05, 4.69) is 54.7 Å². The first-order valence-corrected chi connectivity index (χ1v) is 6.81. The summed E-state index contributed by atoms with van der Waals surface area (Å²) in [6.45, 7) is 3.43. The van der Waals surface area contributed by atoms with Crippen LogP contribution >= 0.6 is 0 Å². The third-order valence-electron chi connectivity index (χ3n) is 3.61. The number of allylic oxidation sites excluding steroid dienone is 1. The smallest absolute Gasteiger partial charge is 0.0250 e. The average Bonchev–Trinajstić information content (AvgIpc) is 2.41. The molecule has 0 saturated heterocycles. The van der Waals surface area contributed by atoms with E-state index in [1.807, 2.05) is 0 Å². The first-order valence-electron chi connectivity index (χ1n) is 6.81. The summed E-state index contributed by atoms with van der Waals surface area (Å²) in [5, 5.41) is 3.64. The van der Waals surface area contributed by atoms with Crippen molar-refractivity contribution in [2.75, 3.05) is 6.54 Å². The standard InChI is InChI=1S/C16H23N/c1-14(15-8-4-2-5-9-15)12-13-17-16-10-6-3-7-11-16/h2,4-6,8-10,14,16-17H,3,7,11-13H2,1H3. The van der Waals surface area contributed by atoms with Crippen LogP contribution in [0.3, 0.4) is 0 Å². The highest BCUT2D eigenvalue weighted by Crippen LogP contribution is 2.18. The molecule has 2 atom stereocenters. The van der Waals surface area contributed by atoms with Crippen LogP contribution in [-0.2, 0) is 0 Å². The van der Waals surface area contributed by atoms with Crippen LogP contribution in [0.15, 0.2) is 42.5 Å². The molecule has 0 spiro atoms. The molecule has 0 bridgehead atoms. The van der Waals surface area contributed by atoms with Gasteiger partial charge in [0.15, 0.2) is 0 Å². The first-order chi connectivity index (χ1) is 8.36. The van der Waals surface area contributed by atoms with Gasteiger partial charge in [0, 0.05) is 6.04 Å². The summed E-state index contributed by atoms with van der Waals surface area (Å²) in [6.07, 6.45) is 9.75. The van der Waals surface area contributed by atoms with Gasteiger partial charge >= 0.3 is 0 Å². The Hall–Kier alpha value is -1.08. The van der Waals surface area contributed by atoms with Gasteiger partial charge in [0.1, 0.15) is 0 Å². The van der Waals surface area contributed by atoms with Gasteiger partial charge in [-0.2, -0.15) is 0 Å². The Balaban J connectivity index is 1.71. The molecule has 0 aliphatic heterocycles. The highest BCUT2D eigenvalue weighted by Gasteiger charge is 2.09. The van der Waals surface area contributed by atoms with Crippen molar-refractivity contribution in [3.05, 3.63) is 48.0 Å². The molecule has 0 saturated carbocycles. The van der Waals surface area contributed by atoms with Crippen LogP contribution in [0.2, 0.25) is 0 Å². The Labute approximate surface area is 105 Å². The van der Waals surface area contributed by atoms with Gasteiger partial charge in [-0.1, -0.05) is 49.4 Å². The first kappa shape index (κ1) is 12.4. The van der Waals surface area contributed by atoms with Crippen LogP contribution in [0.1, 0.15) is 44.1 Å². The van der Waals surface area contributed by atoms with Gasteiger partial charge < -0.3 is 5.32 Å². The minimum absolute atomic E-state index is 0.617. The predicted octanol–water partition coefficient (Wildman–Crippen LogP) is 3.88. The van der Waals surface area contributed by atoms with E-state index in [9.17, 15) is 0 Å². The van der Waals surface area contributed by atoms with Crippen LogP contribution in [0, 0.1) is 0 Å². The van der Waals surface area contributed by atoms with Gasteiger partial charge in [0.05, 0.1) is 0 Å². The summed E-state index contributed by atoms with van der Waals surface area (Å²) >= 11 is 0. The van der Waals surface area contributed by atoms with Gasteiger partial charge in [-0.05, 0) is 43.7 Å². The summed E-state index contributed by atoms with van der Waals surface area (Å²) in [6, 6.07) is 11.4. The normalized spacial score (nSPS) is 21.4. The van der Waals surface area contributed by atoms with Crippen LogP contribution < -0.4 is 5.32 Å². The molecule has 1 aliphatic rings. The lowest BCUT2D eigenvalue weighted by molar-refractivity contribution is 0.499. The Morgan fingerprint density at radius 3 is 2.82 bits per heavy atom. The van der Waals surface area contributed by atoms with Crippen LogP contribution in [-0.4, -0.2) is 12.6 Å². The molecule has 92 valence electrons. The molecule has 0 radical (unpaired) electrons. The van der Waals surface area contributed by atoms with Crippen LogP contribution in [0.25, 0.3) is 0 Å². The van der Waals surface area contributed by atoms with Crippen molar-refractivity contribution in [1.29, 1.82) is 0 Å². The monoisotopic (exact) mass is 229 g/mol. The summed E-state index contributed by atoms with van der Waals surface area (Å²) in [4.78, 5) is 0. The number of nitrogens with one attached hydrogen (secondary N) is 1. The summed E-state index contributed by atoms with van der Waals surface area (Å²) in [5.41, 5.74) is 1.45. The van der Waals surface area contributed by atoms with Crippen molar-refractivity contribution in [1.82, 2.24) is 5.32 Å². The van der Waals surface area contributed by atoms with Crippen molar-refractivity contribution in [2.24, 2.45) is 0 Å². The number of benzene rings is 1. The number of hydrogen-bond donors (Lipinski definition) is 1. The maximum Gasteiger partial charge on any atom is 0.0250 e. The van der Waals surface area contributed by atoms with Gasteiger partial charge in [-0.25, -0.2) is 0 Å². The Bertz CT molecular complexity index is 342. The molecule has 0 heterocycles. The molecule has 1 aromatic rings. The van der Waals surface area contributed by atoms with E-state index in [1.165, 1.54) is 31.2 Å². The molecule has 1 aliphatic carbocycles. The predicted molar refractivity (Wildman–Crippen MR) is 74.3 cm³/mol. The van der Waals surface area contributed by atoms with Crippen molar-refractivity contribution < 1.29 is 0 Å². The highest BCUT2D eigenvalue weighted by atomic mass is 14.9. The molecule has 0 aromatic heterocycles. The third kappa shape index (κ3) is 4.01. The second-order valence-electron chi connectivity index (χ2n) is 5.02. The largest absolute Gasteiger partial charge is 0.310 e. The van der Waals surface area contributed by atoms with E-state index in [1.54, 1.807) is 0 Å². The van der Waals surface area contributed by atoms with E-state index in [-0.39, 0.29) is 0 Å². The Morgan fingerprint density at radius 1 is 1.29 bits per heavy atom. The summed E-state index contributed by atoms with van der Waals surface area (Å²) in [7, 11) is 0. The molecule has 0 fully saturated rings. The summed E-state index contributed by atoms with van der Waals surface area (Å²) < 4.78 is 0. The topological polar surface area (TPSA) is 12.0 Å². The highest BCUT2D eigenvalue weighted by molar-refractivity contribution is 5.18. The van der Waals surface area contributed by atoms with E-state index in [4.69, 9.17) is 0 Å². The molecule has 17 heavy (non-hydrogen) atoms.